The number of imidazole rings is 1. The molecule has 0 spiro atoms. The van der Waals surface area contributed by atoms with Crippen LogP contribution in [0.2, 0.25) is 0 Å². The van der Waals surface area contributed by atoms with Crippen molar-refractivity contribution in [3.63, 3.8) is 0 Å². The molecule has 0 unspecified atom stereocenters. The molecule has 0 bridgehead atoms. The molecule has 5 atom stereocenters. The van der Waals surface area contributed by atoms with Crippen LogP contribution in [0.3, 0.4) is 0 Å². The van der Waals surface area contributed by atoms with Crippen molar-refractivity contribution in [3.05, 3.63) is 16.7 Å². The average molecular weight is 379 g/mol. The van der Waals surface area contributed by atoms with E-state index < -0.39 is 29.3 Å². The largest absolute Gasteiger partial charge is 0.396 e. The fourth-order valence-electron chi connectivity index (χ4n) is 4.33. The van der Waals surface area contributed by atoms with Crippen LogP contribution in [0.25, 0.3) is 11.2 Å². The molecule has 2 aromatic heterocycles. The van der Waals surface area contributed by atoms with Gasteiger partial charge in [-0.3, -0.25) is 19.9 Å². The van der Waals surface area contributed by atoms with E-state index in [1.165, 1.54) is 10.9 Å². The molecule has 0 aliphatic heterocycles. The van der Waals surface area contributed by atoms with Gasteiger partial charge in [0.1, 0.15) is 6.17 Å². The summed E-state index contributed by atoms with van der Waals surface area (Å²) >= 11 is 0. The van der Waals surface area contributed by atoms with Crippen LogP contribution in [0.15, 0.2) is 11.1 Å². The summed E-state index contributed by atoms with van der Waals surface area (Å²) in [5.41, 5.74) is -0.973. The first kappa shape index (κ1) is 18.1. The van der Waals surface area contributed by atoms with Crippen LogP contribution in [0, 0.1) is 17.3 Å². The van der Waals surface area contributed by atoms with Gasteiger partial charge in [0.15, 0.2) is 11.2 Å². The summed E-state index contributed by atoms with van der Waals surface area (Å²) < 4.78 is 16.3. The Morgan fingerprint density at radius 2 is 2.30 bits per heavy atom. The van der Waals surface area contributed by atoms with Crippen LogP contribution in [0.1, 0.15) is 32.7 Å². The van der Waals surface area contributed by atoms with E-state index in [4.69, 9.17) is 0 Å². The van der Waals surface area contributed by atoms with Gasteiger partial charge in [-0.25, -0.2) is 9.37 Å². The number of anilines is 1. The quantitative estimate of drug-likeness (QED) is 0.593. The number of aromatic amines is 1. The van der Waals surface area contributed by atoms with E-state index in [-0.39, 0.29) is 41.5 Å². The van der Waals surface area contributed by atoms with Crippen molar-refractivity contribution in [2.75, 3.05) is 11.9 Å². The minimum absolute atomic E-state index is 0.0284. The number of aromatic nitrogens is 4. The first-order chi connectivity index (χ1) is 12.8. The van der Waals surface area contributed by atoms with Gasteiger partial charge in [0.25, 0.3) is 5.56 Å². The molecule has 2 heterocycles. The van der Waals surface area contributed by atoms with Gasteiger partial charge in [0.2, 0.25) is 11.9 Å². The lowest BCUT2D eigenvalue weighted by Gasteiger charge is -2.22. The minimum Gasteiger partial charge on any atom is -0.396 e. The monoisotopic (exact) mass is 379 g/mol. The Morgan fingerprint density at radius 1 is 1.56 bits per heavy atom. The molecule has 2 aliphatic carbocycles. The number of hydrogen-bond donors (Lipinski definition) is 4. The number of nitrogens with zero attached hydrogens (tertiary/aromatic N) is 3. The standard InChI is InChI=1S/C17H22FN5O4/c1-7(2)14(26)21-16-20-13-10(15(27)22-16)19-6-23(13)11-8-5-17(8,3-4-24)12(25)9(11)18/h6-9,11-12,24-25H,3-5H2,1-2H3,(H2,20,21,22,26,27)/t8-,9+,11-,12+,17-/m1/s1. The molecule has 9 nitrogen and oxygen atoms in total. The third kappa shape index (κ3) is 2.58. The average Bonchev–Trinajstić information content (AvgIpc) is 3.09. The predicted molar refractivity (Wildman–Crippen MR) is 93.8 cm³/mol. The second-order valence-electron chi connectivity index (χ2n) is 7.78. The summed E-state index contributed by atoms with van der Waals surface area (Å²) in [5.74, 6) is -0.810. The van der Waals surface area contributed by atoms with Crippen LogP contribution in [-0.4, -0.2) is 54.5 Å². The van der Waals surface area contributed by atoms with Gasteiger partial charge in [-0.15, -0.1) is 0 Å². The summed E-state index contributed by atoms with van der Waals surface area (Å²) in [6, 6.07) is -0.723. The number of alkyl halides is 1. The van der Waals surface area contributed by atoms with Gasteiger partial charge in [-0.1, -0.05) is 13.8 Å². The lowest BCUT2D eigenvalue weighted by molar-refractivity contribution is -0.118. The van der Waals surface area contributed by atoms with E-state index >= 15 is 0 Å². The Kier molecular flexibility index (Phi) is 4.08. The number of halogens is 1. The summed E-state index contributed by atoms with van der Waals surface area (Å²) in [5, 5.41) is 22.1. The lowest BCUT2D eigenvalue weighted by Crippen LogP contribution is -2.31. The summed E-state index contributed by atoms with van der Waals surface area (Å²) in [6.07, 6.45) is -0.467. The molecule has 2 saturated carbocycles. The van der Waals surface area contributed by atoms with Crippen LogP contribution >= 0.6 is 0 Å². The van der Waals surface area contributed by atoms with Gasteiger partial charge in [0, 0.05) is 17.9 Å². The topological polar surface area (TPSA) is 133 Å². The van der Waals surface area contributed by atoms with Crippen molar-refractivity contribution >= 4 is 23.0 Å². The molecule has 2 fully saturated rings. The van der Waals surface area contributed by atoms with E-state index in [1.807, 2.05) is 0 Å². The zero-order chi connectivity index (χ0) is 19.5. The van der Waals surface area contributed by atoms with Crippen molar-refractivity contribution < 1.29 is 19.4 Å². The first-order valence-electron chi connectivity index (χ1n) is 9.01. The second kappa shape index (κ2) is 6.10. The Bertz CT molecular complexity index is 956. The number of nitrogens with one attached hydrogen (secondary N) is 2. The van der Waals surface area contributed by atoms with E-state index in [0.29, 0.717) is 12.8 Å². The number of amides is 1. The fourth-order valence-corrected chi connectivity index (χ4v) is 4.33. The van der Waals surface area contributed by atoms with Crippen LogP contribution in [0.4, 0.5) is 10.3 Å². The highest BCUT2D eigenvalue weighted by atomic mass is 19.1. The first-order valence-corrected chi connectivity index (χ1v) is 9.01. The second-order valence-corrected chi connectivity index (χ2v) is 7.78. The Balaban J connectivity index is 1.74. The Morgan fingerprint density at radius 3 is 2.96 bits per heavy atom. The Labute approximate surface area is 153 Å². The maximum Gasteiger partial charge on any atom is 0.280 e. The van der Waals surface area contributed by atoms with Crippen LogP contribution in [-0.2, 0) is 4.79 Å². The third-order valence-electron chi connectivity index (χ3n) is 5.90. The van der Waals surface area contributed by atoms with E-state index in [0.717, 1.165) is 0 Å². The van der Waals surface area contributed by atoms with Gasteiger partial charge in [-0.2, -0.15) is 4.98 Å². The number of carbonyl (C=O) groups is 1. The molecule has 0 aromatic carbocycles. The predicted octanol–water partition coefficient (Wildman–Crippen LogP) is 0.356. The van der Waals surface area contributed by atoms with Crippen molar-refractivity contribution in [1.29, 1.82) is 0 Å². The van der Waals surface area contributed by atoms with E-state index in [9.17, 15) is 24.2 Å². The number of aliphatic hydroxyl groups is 2. The molecule has 10 heteroatoms. The molecule has 2 aliphatic rings. The maximum atomic E-state index is 14.9. The molecule has 146 valence electrons. The Hall–Kier alpha value is -2.33. The molecular weight excluding hydrogens is 357 g/mol. The zero-order valence-electron chi connectivity index (χ0n) is 15.0. The fraction of sp³-hybridized carbons (Fsp3) is 0.647. The van der Waals surface area contributed by atoms with E-state index in [2.05, 4.69) is 20.3 Å². The highest BCUT2D eigenvalue weighted by Crippen LogP contribution is 2.70. The number of rotatable bonds is 5. The highest BCUT2D eigenvalue weighted by Gasteiger charge is 2.71. The maximum absolute atomic E-state index is 14.9. The molecule has 0 radical (unpaired) electrons. The van der Waals surface area contributed by atoms with Gasteiger partial charge < -0.3 is 14.8 Å². The van der Waals surface area contributed by atoms with Crippen LogP contribution < -0.4 is 10.9 Å². The third-order valence-corrected chi connectivity index (χ3v) is 5.90. The summed E-state index contributed by atoms with van der Waals surface area (Å²) in [7, 11) is 0. The highest BCUT2D eigenvalue weighted by molar-refractivity contribution is 5.91. The molecule has 4 N–H and O–H groups in total. The van der Waals surface area contributed by atoms with Gasteiger partial charge >= 0.3 is 0 Å². The van der Waals surface area contributed by atoms with Gasteiger partial charge in [-0.05, 0) is 18.8 Å². The normalized spacial score (nSPS) is 32.1. The molecule has 27 heavy (non-hydrogen) atoms. The zero-order valence-corrected chi connectivity index (χ0v) is 15.0. The molecule has 4 rings (SSSR count). The van der Waals surface area contributed by atoms with Crippen LogP contribution in [0.5, 0.6) is 0 Å². The molecule has 2 aromatic rings. The number of hydrogen-bond acceptors (Lipinski definition) is 6. The van der Waals surface area contributed by atoms with Crippen molar-refractivity contribution in [2.45, 2.75) is 45.0 Å². The SMILES string of the molecule is CC(C)C(=O)Nc1nc2c(ncn2[C@H]2[C@H](F)[C@H](O)[C@]3(CCO)C[C@H]23)c(=O)[nH]1. The van der Waals surface area contributed by atoms with E-state index in [1.54, 1.807) is 13.8 Å². The molecular formula is C17H22FN5O4. The van der Waals surface area contributed by atoms with Gasteiger partial charge in [0.05, 0.1) is 18.5 Å². The summed E-state index contributed by atoms with van der Waals surface area (Å²) in [6.45, 7) is 3.29. The number of H-pyrrole nitrogens is 1. The number of carbonyl (C=O) groups excluding carboxylic acids is 1. The molecule has 1 amide bonds. The van der Waals surface area contributed by atoms with Crippen molar-refractivity contribution in [3.8, 4) is 0 Å². The minimum atomic E-state index is -1.55. The van der Waals surface area contributed by atoms with Crippen molar-refractivity contribution in [1.82, 2.24) is 19.5 Å². The summed E-state index contributed by atoms with van der Waals surface area (Å²) in [4.78, 5) is 34.9. The smallest absolute Gasteiger partial charge is 0.280 e. The number of fused-ring (bicyclic) bond motifs is 2. The number of aliphatic hydroxyl groups excluding tert-OH is 2. The lowest BCUT2D eigenvalue weighted by atomic mass is 9.96. The van der Waals surface area contributed by atoms with Crippen molar-refractivity contribution in [2.24, 2.45) is 17.3 Å². The molecule has 0 saturated heterocycles.